The Kier molecular flexibility index (Phi) is 6.79. The average molecular weight is 281 g/mol. The molecule has 1 N–H and O–H groups in total. The molecule has 1 saturated carbocycles. The summed E-state index contributed by atoms with van der Waals surface area (Å²) in [5, 5.41) is 3.70. The molecule has 0 aromatic rings. The van der Waals surface area contributed by atoms with Gasteiger partial charge in [0.2, 0.25) is 0 Å². The van der Waals surface area contributed by atoms with E-state index >= 15 is 0 Å². The third-order valence-electron chi connectivity index (χ3n) is 5.42. The Morgan fingerprint density at radius 2 is 1.70 bits per heavy atom. The van der Waals surface area contributed by atoms with E-state index in [1.54, 1.807) is 0 Å². The van der Waals surface area contributed by atoms with Gasteiger partial charge in [-0.15, -0.1) is 0 Å². The zero-order chi connectivity index (χ0) is 14.4. The van der Waals surface area contributed by atoms with Gasteiger partial charge in [-0.2, -0.15) is 0 Å². The molecule has 20 heavy (non-hydrogen) atoms. The zero-order valence-corrected chi connectivity index (χ0v) is 13.9. The Balaban J connectivity index is 1.72. The van der Waals surface area contributed by atoms with Crippen molar-refractivity contribution in [3.05, 3.63) is 0 Å². The summed E-state index contributed by atoms with van der Waals surface area (Å²) in [4.78, 5) is 5.44. The lowest BCUT2D eigenvalue weighted by molar-refractivity contribution is 0.151. The first kappa shape index (κ1) is 16.3. The van der Waals surface area contributed by atoms with Crippen LogP contribution in [0.1, 0.15) is 59.3 Å². The lowest BCUT2D eigenvalue weighted by Gasteiger charge is -2.35. The monoisotopic (exact) mass is 281 g/mol. The van der Waals surface area contributed by atoms with Gasteiger partial charge in [-0.25, -0.2) is 0 Å². The Labute approximate surface area is 126 Å². The third-order valence-corrected chi connectivity index (χ3v) is 5.42. The van der Waals surface area contributed by atoms with E-state index < -0.39 is 0 Å². The van der Waals surface area contributed by atoms with Crippen LogP contribution in [-0.2, 0) is 0 Å². The van der Waals surface area contributed by atoms with E-state index in [0.717, 1.165) is 18.1 Å². The molecule has 0 aromatic heterocycles. The van der Waals surface area contributed by atoms with Crippen molar-refractivity contribution in [1.82, 2.24) is 15.1 Å². The van der Waals surface area contributed by atoms with Crippen molar-refractivity contribution < 1.29 is 0 Å². The maximum Gasteiger partial charge on any atom is 0.0235 e. The van der Waals surface area contributed by atoms with E-state index in [9.17, 15) is 0 Å². The molecule has 2 fully saturated rings. The third kappa shape index (κ3) is 4.19. The van der Waals surface area contributed by atoms with Gasteiger partial charge in [0, 0.05) is 31.2 Å². The van der Waals surface area contributed by atoms with Crippen LogP contribution < -0.4 is 5.32 Å². The average Bonchev–Trinajstić information content (AvgIpc) is 2.97. The lowest BCUT2D eigenvalue weighted by atomic mass is 9.90. The maximum absolute atomic E-state index is 3.70. The highest BCUT2D eigenvalue weighted by molar-refractivity contribution is 4.90. The normalized spacial score (nSPS) is 32.1. The summed E-state index contributed by atoms with van der Waals surface area (Å²) < 4.78 is 0. The van der Waals surface area contributed by atoms with Crippen LogP contribution in [0, 0.1) is 0 Å². The van der Waals surface area contributed by atoms with E-state index in [4.69, 9.17) is 0 Å². The van der Waals surface area contributed by atoms with Gasteiger partial charge in [0.25, 0.3) is 0 Å². The van der Waals surface area contributed by atoms with Crippen molar-refractivity contribution in [3.8, 4) is 0 Å². The summed E-state index contributed by atoms with van der Waals surface area (Å²) >= 11 is 0. The molecule has 0 bridgehead atoms. The first-order chi connectivity index (χ1) is 9.78. The Bertz CT molecular complexity index is 257. The number of hydrogen-bond donors (Lipinski definition) is 1. The van der Waals surface area contributed by atoms with Crippen LogP contribution in [0.5, 0.6) is 0 Å². The summed E-state index contributed by atoms with van der Waals surface area (Å²) in [5.41, 5.74) is 0. The molecule has 0 radical (unpaired) electrons. The van der Waals surface area contributed by atoms with Gasteiger partial charge >= 0.3 is 0 Å². The molecule has 1 aliphatic carbocycles. The molecule has 1 saturated heterocycles. The van der Waals surface area contributed by atoms with Crippen LogP contribution in [0.15, 0.2) is 0 Å². The van der Waals surface area contributed by atoms with Crippen molar-refractivity contribution in [2.24, 2.45) is 0 Å². The SMILES string of the molecule is CCCNC1CCC(N2CCC(N(CC)CC)C2)CC1. The van der Waals surface area contributed by atoms with Crippen LogP contribution in [0.4, 0.5) is 0 Å². The fourth-order valence-corrected chi connectivity index (χ4v) is 4.13. The number of likely N-dealkylation sites (N-methyl/N-ethyl adjacent to an activating group) is 1. The molecule has 0 amide bonds. The first-order valence-electron chi connectivity index (χ1n) is 8.99. The molecule has 1 heterocycles. The predicted molar refractivity (Wildman–Crippen MR) is 87.2 cm³/mol. The van der Waals surface area contributed by atoms with Gasteiger partial charge in [0.15, 0.2) is 0 Å². The van der Waals surface area contributed by atoms with Crippen LogP contribution in [0.25, 0.3) is 0 Å². The van der Waals surface area contributed by atoms with Gasteiger partial charge in [-0.05, 0) is 58.2 Å². The van der Waals surface area contributed by atoms with E-state index in [1.807, 2.05) is 0 Å². The topological polar surface area (TPSA) is 18.5 Å². The summed E-state index contributed by atoms with van der Waals surface area (Å²) in [5.74, 6) is 0. The van der Waals surface area contributed by atoms with E-state index in [1.165, 1.54) is 71.2 Å². The van der Waals surface area contributed by atoms with Crippen molar-refractivity contribution in [3.63, 3.8) is 0 Å². The Hall–Kier alpha value is -0.120. The second-order valence-electron chi connectivity index (χ2n) is 6.62. The van der Waals surface area contributed by atoms with Crippen LogP contribution in [0.2, 0.25) is 0 Å². The maximum atomic E-state index is 3.70. The molecule has 1 unspecified atom stereocenters. The predicted octanol–water partition coefficient (Wildman–Crippen LogP) is 2.71. The molecule has 3 nitrogen and oxygen atoms in total. The fraction of sp³-hybridized carbons (Fsp3) is 1.00. The smallest absolute Gasteiger partial charge is 0.0235 e. The Morgan fingerprint density at radius 1 is 1.00 bits per heavy atom. The standard InChI is InChI=1S/C17H35N3/c1-4-12-18-15-7-9-16(10-8-15)20-13-11-17(14-20)19(5-2)6-3/h15-18H,4-14H2,1-3H3. The van der Waals surface area contributed by atoms with Gasteiger partial charge < -0.3 is 5.32 Å². The van der Waals surface area contributed by atoms with Crippen LogP contribution in [-0.4, -0.2) is 60.6 Å². The number of hydrogen-bond acceptors (Lipinski definition) is 3. The molecule has 1 aliphatic heterocycles. The molecular weight excluding hydrogens is 246 g/mol. The van der Waals surface area contributed by atoms with Gasteiger partial charge in [-0.3, -0.25) is 9.80 Å². The highest BCUT2D eigenvalue weighted by Gasteiger charge is 2.32. The van der Waals surface area contributed by atoms with Crippen molar-refractivity contribution in [2.75, 3.05) is 32.7 Å². The number of rotatable bonds is 7. The zero-order valence-electron chi connectivity index (χ0n) is 13.9. The quantitative estimate of drug-likeness (QED) is 0.774. The van der Waals surface area contributed by atoms with Crippen LogP contribution >= 0.6 is 0 Å². The largest absolute Gasteiger partial charge is 0.314 e. The molecule has 118 valence electrons. The minimum absolute atomic E-state index is 0.799. The first-order valence-corrected chi connectivity index (χ1v) is 8.99. The molecule has 1 atom stereocenters. The molecule has 2 aliphatic rings. The number of nitrogens with one attached hydrogen (secondary N) is 1. The van der Waals surface area contributed by atoms with Crippen molar-refractivity contribution >= 4 is 0 Å². The van der Waals surface area contributed by atoms with Crippen LogP contribution in [0.3, 0.4) is 0 Å². The van der Waals surface area contributed by atoms with E-state index in [2.05, 4.69) is 35.9 Å². The van der Waals surface area contributed by atoms with Gasteiger partial charge in [0.1, 0.15) is 0 Å². The molecule has 2 rings (SSSR count). The second kappa shape index (κ2) is 8.35. The summed E-state index contributed by atoms with van der Waals surface area (Å²) in [7, 11) is 0. The summed E-state index contributed by atoms with van der Waals surface area (Å²) in [6.45, 7) is 13.1. The van der Waals surface area contributed by atoms with E-state index in [0.29, 0.717) is 0 Å². The molecule has 0 spiro atoms. The van der Waals surface area contributed by atoms with Gasteiger partial charge in [-0.1, -0.05) is 20.8 Å². The highest BCUT2D eigenvalue weighted by atomic mass is 15.3. The Morgan fingerprint density at radius 3 is 2.30 bits per heavy atom. The minimum Gasteiger partial charge on any atom is -0.314 e. The number of likely N-dealkylation sites (tertiary alicyclic amines) is 1. The minimum atomic E-state index is 0.799. The summed E-state index contributed by atoms with van der Waals surface area (Å²) in [6.07, 6.45) is 8.24. The van der Waals surface area contributed by atoms with Crippen molar-refractivity contribution in [2.45, 2.75) is 77.4 Å². The highest BCUT2D eigenvalue weighted by Crippen LogP contribution is 2.27. The molecule has 3 heteroatoms. The van der Waals surface area contributed by atoms with Crippen molar-refractivity contribution in [1.29, 1.82) is 0 Å². The van der Waals surface area contributed by atoms with E-state index in [-0.39, 0.29) is 0 Å². The fourth-order valence-electron chi connectivity index (χ4n) is 4.13. The molecule has 0 aromatic carbocycles. The molecular formula is C17H35N3. The summed E-state index contributed by atoms with van der Waals surface area (Å²) in [6, 6.07) is 2.49. The second-order valence-corrected chi connectivity index (χ2v) is 6.62. The lowest BCUT2D eigenvalue weighted by Crippen LogP contribution is -2.43. The number of nitrogens with zero attached hydrogens (tertiary/aromatic N) is 2. The van der Waals surface area contributed by atoms with Gasteiger partial charge in [0.05, 0.1) is 0 Å².